The third kappa shape index (κ3) is 6.34. The van der Waals surface area contributed by atoms with Crippen LogP contribution in [0.4, 0.5) is 0 Å². The van der Waals surface area contributed by atoms with Crippen molar-refractivity contribution < 1.29 is 8.83 Å². The van der Waals surface area contributed by atoms with E-state index in [2.05, 4.69) is 154 Å². The monoisotopic (exact) mass is 849 g/mol. The summed E-state index contributed by atoms with van der Waals surface area (Å²) < 4.78 is 12.8. The number of nitrogens with zero attached hydrogens (tertiary/aromatic N) is 3. The summed E-state index contributed by atoms with van der Waals surface area (Å²) in [6.07, 6.45) is 7.93. The SMILES string of the molecule is C=C/C=C(\C=C/C)c1ccc(-c2nc(-c3ccc4oc5ccccc5c4c3)nc(-c3cccc4oc5ccc(-c6cccc(-c7cccc8c7-c7ccccc7C8(C)C)c6)cc5c34)n2)cc1. The number of benzene rings is 8. The normalized spacial score (nSPS) is 13.3. The van der Waals surface area contributed by atoms with Gasteiger partial charge in [0.25, 0.3) is 0 Å². The van der Waals surface area contributed by atoms with Crippen molar-refractivity contribution in [2.45, 2.75) is 26.2 Å². The maximum absolute atomic E-state index is 6.59. The van der Waals surface area contributed by atoms with E-state index in [1.54, 1.807) is 0 Å². The molecule has 8 aromatic carbocycles. The van der Waals surface area contributed by atoms with Gasteiger partial charge in [-0.1, -0.05) is 166 Å². The van der Waals surface area contributed by atoms with Crippen molar-refractivity contribution in [3.8, 4) is 67.5 Å². The zero-order valence-electron chi connectivity index (χ0n) is 36.8. The van der Waals surface area contributed by atoms with Gasteiger partial charge in [-0.3, -0.25) is 0 Å². The Morgan fingerprint density at radius 3 is 1.92 bits per heavy atom. The van der Waals surface area contributed by atoms with Gasteiger partial charge in [0.1, 0.15) is 22.3 Å². The molecule has 3 aromatic heterocycles. The van der Waals surface area contributed by atoms with E-state index in [4.69, 9.17) is 23.8 Å². The van der Waals surface area contributed by atoms with Gasteiger partial charge in [-0.15, -0.1) is 0 Å². The third-order valence-electron chi connectivity index (χ3n) is 13.2. The standard InChI is InChI=1S/C61H43N3O2/c1-5-14-37(15-6-2)38-26-28-39(29-27-38)58-62-59(43-31-33-53-48(36-43)45-18-8-10-24-52(45)65-53)64-60(63-58)47-21-13-25-55-57(47)49-35-41(30-32-54(49)66-55)40-16-11-17-42(34-40)44-20-12-23-51-56(44)46-19-7-9-22-50(46)61(51,3)4/h5-36H,1H2,2-4H3/b15-6-,37-14+. The molecule has 5 nitrogen and oxygen atoms in total. The number of rotatable bonds is 8. The molecule has 0 fully saturated rings. The molecule has 0 spiro atoms. The fourth-order valence-corrected chi connectivity index (χ4v) is 10.0. The lowest BCUT2D eigenvalue weighted by Crippen LogP contribution is -2.14. The Morgan fingerprint density at radius 1 is 0.485 bits per heavy atom. The molecule has 0 saturated carbocycles. The minimum Gasteiger partial charge on any atom is -0.456 e. The highest BCUT2D eigenvalue weighted by molar-refractivity contribution is 6.13. The van der Waals surface area contributed by atoms with Crippen molar-refractivity contribution in [1.82, 2.24) is 15.0 Å². The topological polar surface area (TPSA) is 65.0 Å². The highest BCUT2D eigenvalue weighted by Crippen LogP contribution is 2.52. The lowest BCUT2D eigenvalue weighted by molar-refractivity contribution is 0.660. The Kier molecular flexibility index (Phi) is 9.14. The summed E-state index contributed by atoms with van der Waals surface area (Å²) in [6.45, 7) is 10.6. The van der Waals surface area contributed by atoms with Crippen LogP contribution in [0.15, 0.2) is 210 Å². The summed E-state index contributed by atoms with van der Waals surface area (Å²) in [5, 5.41) is 3.99. The molecule has 0 N–H and O–H groups in total. The second-order valence-electron chi connectivity index (χ2n) is 17.5. The van der Waals surface area contributed by atoms with Gasteiger partial charge in [-0.2, -0.15) is 0 Å². The molecular weight excluding hydrogens is 807 g/mol. The molecule has 0 radical (unpaired) electrons. The number of fused-ring (bicyclic) bond motifs is 9. The van der Waals surface area contributed by atoms with E-state index in [0.717, 1.165) is 82.8 Å². The fraction of sp³-hybridized carbons (Fsp3) is 0.0656. The summed E-state index contributed by atoms with van der Waals surface area (Å²) >= 11 is 0. The third-order valence-corrected chi connectivity index (χ3v) is 13.2. The Bertz CT molecular complexity index is 3820. The summed E-state index contributed by atoms with van der Waals surface area (Å²) in [6, 6.07) is 59.7. The van der Waals surface area contributed by atoms with E-state index in [1.807, 2.05) is 67.6 Å². The van der Waals surface area contributed by atoms with E-state index >= 15 is 0 Å². The van der Waals surface area contributed by atoms with Gasteiger partial charge in [-0.25, -0.2) is 15.0 Å². The Balaban J connectivity index is 1.01. The summed E-state index contributed by atoms with van der Waals surface area (Å²) in [4.78, 5) is 15.7. The number of furan rings is 2. The van der Waals surface area contributed by atoms with E-state index in [1.165, 1.54) is 33.4 Å². The van der Waals surface area contributed by atoms with Crippen molar-refractivity contribution in [1.29, 1.82) is 0 Å². The average Bonchev–Trinajstić information content (AvgIpc) is 4.01. The van der Waals surface area contributed by atoms with Crippen LogP contribution in [0.2, 0.25) is 0 Å². The highest BCUT2D eigenvalue weighted by atomic mass is 16.3. The van der Waals surface area contributed by atoms with Gasteiger partial charge in [-0.05, 0) is 111 Å². The van der Waals surface area contributed by atoms with Crippen LogP contribution < -0.4 is 0 Å². The predicted molar refractivity (Wildman–Crippen MR) is 272 cm³/mol. The molecule has 3 heterocycles. The van der Waals surface area contributed by atoms with Gasteiger partial charge < -0.3 is 8.83 Å². The molecule has 1 aliphatic carbocycles. The van der Waals surface area contributed by atoms with E-state index < -0.39 is 0 Å². The smallest absolute Gasteiger partial charge is 0.164 e. The first kappa shape index (κ1) is 39.2. The number of allylic oxidation sites excluding steroid dienone is 5. The molecule has 314 valence electrons. The second kappa shape index (κ2) is 15.4. The van der Waals surface area contributed by atoms with Crippen LogP contribution in [0.25, 0.3) is 117 Å². The first-order valence-electron chi connectivity index (χ1n) is 22.4. The quantitative estimate of drug-likeness (QED) is 0.143. The van der Waals surface area contributed by atoms with Gasteiger partial charge in [0, 0.05) is 43.7 Å². The van der Waals surface area contributed by atoms with E-state index in [-0.39, 0.29) is 5.41 Å². The second-order valence-corrected chi connectivity index (χ2v) is 17.5. The zero-order chi connectivity index (χ0) is 44.5. The van der Waals surface area contributed by atoms with Crippen molar-refractivity contribution in [3.63, 3.8) is 0 Å². The molecule has 0 bridgehead atoms. The van der Waals surface area contributed by atoms with Crippen molar-refractivity contribution in [2.75, 3.05) is 0 Å². The van der Waals surface area contributed by atoms with Crippen molar-refractivity contribution >= 4 is 49.5 Å². The molecule has 0 amide bonds. The molecule has 0 atom stereocenters. The van der Waals surface area contributed by atoms with Crippen molar-refractivity contribution in [2.24, 2.45) is 0 Å². The lowest BCUT2D eigenvalue weighted by atomic mass is 9.82. The number of hydrogen-bond donors (Lipinski definition) is 0. The number of para-hydroxylation sites is 1. The van der Waals surface area contributed by atoms with Crippen LogP contribution in [0.5, 0.6) is 0 Å². The molecule has 1 aliphatic rings. The van der Waals surface area contributed by atoms with Crippen LogP contribution in [0, 0.1) is 0 Å². The Morgan fingerprint density at radius 2 is 1.08 bits per heavy atom. The van der Waals surface area contributed by atoms with Crippen molar-refractivity contribution in [3.05, 3.63) is 217 Å². The van der Waals surface area contributed by atoms with E-state index in [0.29, 0.717) is 17.5 Å². The Labute approximate surface area is 382 Å². The molecule has 12 rings (SSSR count). The fourth-order valence-electron chi connectivity index (χ4n) is 10.0. The molecule has 5 heteroatoms. The molecule has 66 heavy (non-hydrogen) atoms. The number of aromatic nitrogens is 3. The average molecular weight is 850 g/mol. The van der Waals surface area contributed by atoms with Gasteiger partial charge >= 0.3 is 0 Å². The maximum atomic E-state index is 6.59. The predicted octanol–water partition coefficient (Wildman–Crippen LogP) is 16.5. The first-order valence-corrected chi connectivity index (χ1v) is 22.4. The minimum absolute atomic E-state index is 0.0728. The molecular formula is C61H43N3O2. The first-order chi connectivity index (χ1) is 32.4. The van der Waals surface area contributed by atoms with Crippen LogP contribution in [-0.4, -0.2) is 15.0 Å². The summed E-state index contributed by atoms with van der Waals surface area (Å²) in [5.74, 6) is 1.69. The molecule has 0 saturated heterocycles. The van der Waals surface area contributed by atoms with E-state index in [9.17, 15) is 0 Å². The van der Waals surface area contributed by atoms with Gasteiger partial charge in [0.05, 0.1) is 0 Å². The maximum Gasteiger partial charge on any atom is 0.164 e. The highest BCUT2D eigenvalue weighted by Gasteiger charge is 2.36. The molecule has 0 unspecified atom stereocenters. The summed E-state index contributed by atoms with van der Waals surface area (Å²) in [7, 11) is 0. The van der Waals surface area contributed by atoms with Crippen LogP contribution in [0.3, 0.4) is 0 Å². The molecule has 0 aliphatic heterocycles. The van der Waals surface area contributed by atoms with Gasteiger partial charge in [0.15, 0.2) is 17.5 Å². The minimum atomic E-state index is -0.0728. The number of hydrogen-bond acceptors (Lipinski definition) is 5. The summed E-state index contributed by atoms with van der Waals surface area (Å²) in [5.41, 5.74) is 17.9. The Hall–Kier alpha value is -8.41. The molecule has 11 aromatic rings. The van der Waals surface area contributed by atoms with Crippen LogP contribution in [0.1, 0.15) is 37.5 Å². The lowest BCUT2D eigenvalue weighted by Gasteiger charge is -2.21. The zero-order valence-corrected chi connectivity index (χ0v) is 36.8. The van der Waals surface area contributed by atoms with Gasteiger partial charge in [0.2, 0.25) is 0 Å². The van der Waals surface area contributed by atoms with Crippen LogP contribution in [-0.2, 0) is 5.41 Å². The van der Waals surface area contributed by atoms with Crippen LogP contribution >= 0.6 is 0 Å². The largest absolute Gasteiger partial charge is 0.456 e.